The first-order chi connectivity index (χ1) is 11.0. The highest BCUT2D eigenvalue weighted by Crippen LogP contribution is 2.20. The predicted octanol–water partition coefficient (Wildman–Crippen LogP) is 1.50. The molecule has 2 aliphatic rings. The maximum atomic E-state index is 12.4. The van der Waals surface area contributed by atoms with Crippen molar-refractivity contribution < 1.29 is 9.59 Å². The number of nitrogens with zero attached hydrogens (tertiary/aromatic N) is 3. The SMILES string of the molecule is Cc1cccc(N2CCN(C(=O)CN3C(=O)CSC3=S)CC2)c1. The van der Waals surface area contributed by atoms with E-state index in [0.29, 0.717) is 23.2 Å². The fourth-order valence-electron chi connectivity index (χ4n) is 2.81. The molecule has 2 aliphatic heterocycles. The van der Waals surface area contributed by atoms with Crippen molar-refractivity contribution in [1.82, 2.24) is 9.80 Å². The monoisotopic (exact) mass is 349 g/mol. The molecule has 0 atom stereocenters. The Hall–Kier alpha value is -1.60. The van der Waals surface area contributed by atoms with Gasteiger partial charge in [0.2, 0.25) is 11.8 Å². The molecule has 0 bridgehead atoms. The second-order valence-corrected chi connectivity index (χ2v) is 7.35. The smallest absolute Gasteiger partial charge is 0.242 e. The van der Waals surface area contributed by atoms with Gasteiger partial charge in [-0.1, -0.05) is 36.1 Å². The average Bonchev–Trinajstić information content (AvgIpc) is 2.87. The average molecular weight is 349 g/mol. The summed E-state index contributed by atoms with van der Waals surface area (Å²) >= 11 is 6.45. The molecule has 0 aliphatic carbocycles. The summed E-state index contributed by atoms with van der Waals surface area (Å²) in [7, 11) is 0. The van der Waals surface area contributed by atoms with Crippen molar-refractivity contribution in [2.75, 3.05) is 43.4 Å². The van der Waals surface area contributed by atoms with Gasteiger partial charge < -0.3 is 9.80 Å². The van der Waals surface area contributed by atoms with Gasteiger partial charge in [0.25, 0.3) is 0 Å². The Labute approximate surface area is 145 Å². The second kappa shape index (κ2) is 6.88. The zero-order valence-corrected chi connectivity index (χ0v) is 14.7. The summed E-state index contributed by atoms with van der Waals surface area (Å²) in [5, 5.41) is 0. The molecule has 0 saturated carbocycles. The van der Waals surface area contributed by atoms with Gasteiger partial charge in [0.05, 0.1) is 5.75 Å². The topological polar surface area (TPSA) is 43.9 Å². The Balaban J connectivity index is 1.55. The van der Waals surface area contributed by atoms with Crippen LogP contribution in [0.3, 0.4) is 0 Å². The van der Waals surface area contributed by atoms with Crippen molar-refractivity contribution in [2.24, 2.45) is 0 Å². The number of carbonyl (C=O) groups excluding carboxylic acids is 2. The summed E-state index contributed by atoms with van der Waals surface area (Å²) in [6.45, 7) is 5.13. The number of piperazine rings is 1. The molecule has 2 amide bonds. The molecule has 2 fully saturated rings. The molecule has 5 nitrogen and oxygen atoms in total. The van der Waals surface area contributed by atoms with Crippen LogP contribution in [0.2, 0.25) is 0 Å². The van der Waals surface area contributed by atoms with E-state index >= 15 is 0 Å². The van der Waals surface area contributed by atoms with E-state index in [1.165, 1.54) is 27.9 Å². The van der Waals surface area contributed by atoms with Crippen LogP contribution in [0.15, 0.2) is 24.3 Å². The van der Waals surface area contributed by atoms with Crippen LogP contribution in [0, 0.1) is 6.92 Å². The summed E-state index contributed by atoms with van der Waals surface area (Å²) in [5.74, 6) is 0.270. The number of hydrogen-bond donors (Lipinski definition) is 0. The number of amides is 2. The molecular weight excluding hydrogens is 330 g/mol. The fraction of sp³-hybridized carbons (Fsp3) is 0.438. The van der Waals surface area contributed by atoms with Crippen molar-refractivity contribution >= 4 is 45.8 Å². The van der Waals surface area contributed by atoms with Gasteiger partial charge in [-0.3, -0.25) is 14.5 Å². The van der Waals surface area contributed by atoms with E-state index in [9.17, 15) is 9.59 Å². The summed E-state index contributed by atoms with van der Waals surface area (Å²) in [5.41, 5.74) is 2.43. The van der Waals surface area contributed by atoms with Crippen molar-refractivity contribution in [2.45, 2.75) is 6.92 Å². The van der Waals surface area contributed by atoms with E-state index in [1.807, 2.05) is 4.90 Å². The highest BCUT2D eigenvalue weighted by atomic mass is 32.2. The van der Waals surface area contributed by atoms with Crippen molar-refractivity contribution in [3.05, 3.63) is 29.8 Å². The lowest BCUT2D eigenvalue weighted by atomic mass is 10.2. The van der Waals surface area contributed by atoms with Gasteiger partial charge in [-0.25, -0.2) is 0 Å². The Morgan fingerprint density at radius 3 is 2.61 bits per heavy atom. The maximum Gasteiger partial charge on any atom is 0.242 e. The molecule has 122 valence electrons. The van der Waals surface area contributed by atoms with Crippen LogP contribution in [-0.2, 0) is 9.59 Å². The highest BCUT2D eigenvalue weighted by Gasteiger charge is 2.30. The second-order valence-electron chi connectivity index (χ2n) is 5.74. The minimum Gasteiger partial charge on any atom is -0.368 e. The van der Waals surface area contributed by atoms with Crippen LogP contribution in [0.1, 0.15) is 5.56 Å². The van der Waals surface area contributed by atoms with Gasteiger partial charge in [-0.2, -0.15) is 0 Å². The van der Waals surface area contributed by atoms with Gasteiger partial charge in [-0.15, -0.1) is 0 Å². The van der Waals surface area contributed by atoms with E-state index in [1.54, 1.807) is 0 Å². The van der Waals surface area contributed by atoms with Crippen molar-refractivity contribution in [3.63, 3.8) is 0 Å². The fourth-order valence-corrected chi connectivity index (χ4v) is 3.88. The molecule has 23 heavy (non-hydrogen) atoms. The standard InChI is InChI=1S/C16H19N3O2S2/c1-12-3-2-4-13(9-12)17-5-7-18(8-6-17)14(20)10-19-15(21)11-23-16(19)22/h2-4,9H,5-8,10-11H2,1H3. The molecule has 1 aromatic carbocycles. The van der Waals surface area contributed by atoms with Crippen LogP contribution in [-0.4, -0.2) is 64.4 Å². The van der Waals surface area contributed by atoms with E-state index in [2.05, 4.69) is 36.1 Å². The number of benzene rings is 1. The number of thiocarbonyl (C=S) groups is 1. The molecular formula is C16H19N3O2S2. The number of thioether (sulfide) groups is 1. The number of aryl methyl sites for hydroxylation is 1. The summed E-state index contributed by atoms with van der Waals surface area (Å²) in [4.78, 5) is 29.6. The lowest BCUT2D eigenvalue weighted by Crippen LogP contribution is -2.51. The lowest BCUT2D eigenvalue weighted by Gasteiger charge is -2.36. The van der Waals surface area contributed by atoms with Crippen LogP contribution in [0.25, 0.3) is 0 Å². The lowest BCUT2D eigenvalue weighted by molar-refractivity contribution is -0.136. The molecule has 0 aromatic heterocycles. The van der Waals surface area contributed by atoms with Crippen LogP contribution < -0.4 is 4.90 Å². The normalized spacial score (nSPS) is 18.7. The van der Waals surface area contributed by atoms with Crippen molar-refractivity contribution in [3.8, 4) is 0 Å². The number of rotatable bonds is 3. The minimum atomic E-state index is -0.0632. The van der Waals surface area contributed by atoms with E-state index in [0.717, 1.165) is 13.1 Å². The first-order valence-electron chi connectivity index (χ1n) is 7.61. The zero-order chi connectivity index (χ0) is 16.4. The quantitative estimate of drug-likeness (QED) is 0.774. The van der Waals surface area contributed by atoms with Gasteiger partial charge in [-0.05, 0) is 24.6 Å². The Morgan fingerprint density at radius 2 is 2.00 bits per heavy atom. The summed E-state index contributed by atoms with van der Waals surface area (Å²) < 4.78 is 0.516. The molecule has 0 spiro atoms. The Kier molecular flexibility index (Phi) is 4.87. The maximum absolute atomic E-state index is 12.4. The summed E-state index contributed by atoms with van der Waals surface area (Å²) in [6, 6.07) is 8.40. The minimum absolute atomic E-state index is 0.0212. The number of anilines is 1. The molecule has 1 aromatic rings. The highest BCUT2D eigenvalue weighted by molar-refractivity contribution is 8.23. The largest absolute Gasteiger partial charge is 0.368 e. The molecule has 2 saturated heterocycles. The van der Waals surface area contributed by atoms with E-state index in [-0.39, 0.29) is 18.4 Å². The Bertz CT molecular complexity index is 626. The third kappa shape index (κ3) is 3.67. The van der Waals surface area contributed by atoms with Gasteiger partial charge in [0, 0.05) is 31.9 Å². The molecule has 0 radical (unpaired) electrons. The number of carbonyl (C=O) groups is 2. The number of hydrogen-bond acceptors (Lipinski definition) is 5. The first-order valence-corrected chi connectivity index (χ1v) is 9.00. The van der Waals surface area contributed by atoms with Crippen molar-refractivity contribution in [1.29, 1.82) is 0 Å². The third-order valence-corrected chi connectivity index (χ3v) is 5.57. The predicted molar refractivity (Wildman–Crippen MR) is 96.7 cm³/mol. The van der Waals surface area contributed by atoms with Crippen LogP contribution in [0.4, 0.5) is 5.69 Å². The van der Waals surface area contributed by atoms with Gasteiger partial charge in [0.15, 0.2) is 0 Å². The third-order valence-electron chi connectivity index (χ3n) is 4.13. The van der Waals surface area contributed by atoms with Gasteiger partial charge >= 0.3 is 0 Å². The van der Waals surface area contributed by atoms with Gasteiger partial charge in [0.1, 0.15) is 10.9 Å². The molecule has 3 rings (SSSR count). The van der Waals surface area contributed by atoms with E-state index in [4.69, 9.17) is 12.2 Å². The van der Waals surface area contributed by atoms with E-state index < -0.39 is 0 Å². The summed E-state index contributed by atoms with van der Waals surface area (Å²) in [6.07, 6.45) is 0. The Morgan fingerprint density at radius 1 is 1.26 bits per heavy atom. The first kappa shape index (κ1) is 16.3. The molecule has 7 heteroatoms. The molecule has 2 heterocycles. The molecule has 0 N–H and O–H groups in total. The zero-order valence-electron chi connectivity index (χ0n) is 13.0. The van der Waals surface area contributed by atoms with Crippen LogP contribution >= 0.6 is 24.0 Å². The molecule has 0 unspecified atom stereocenters. The van der Waals surface area contributed by atoms with Crippen LogP contribution in [0.5, 0.6) is 0 Å².